The number of hydrogen-bond acceptors (Lipinski definition) is 4. The van der Waals surface area contributed by atoms with E-state index in [1.165, 1.54) is 31.7 Å². The first-order chi connectivity index (χ1) is 9.43. The molecule has 0 saturated heterocycles. The first-order valence-corrected chi connectivity index (χ1v) is 7.37. The highest BCUT2D eigenvalue weighted by Gasteiger charge is 2.35. The summed E-state index contributed by atoms with van der Waals surface area (Å²) in [6, 6.07) is 4.86. The SMILES string of the molecule is CC(NCC1(N(C)C)CCCC1)c1cc(O)cc(O)c1. The lowest BCUT2D eigenvalue weighted by molar-refractivity contribution is 0.150. The molecule has 0 aliphatic heterocycles. The molecule has 0 bridgehead atoms. The van der Waals surface area contributed by atoms with Crippen LogP contribution in [0.5, 0.6) is 11.5 Å². The van der Waals surface area contributed by atoms with Crippen LogP contribution in [0.1, 0.15) is 44.2 Å². The molecule has 1 fully saturated rings. The molecule has 1 aromatic carbocycles. The number of nitrogens with zero attached hydrogens (tertiary/aromatic N) is 1. The second-order valence-electron chi connectivity index (χ2n) is 6.21. The molecule has 0 spiro atoms. The zero-order chi connectivity index (χ0) is 14.8. The van der Waals surface area contributed by atoms with Gasteiger partial charge in [-0.1, -0.05) is 12.8 Å². The van der Waals surface area contributed by atoms with Crippen molar-refractivity contribution in [1.82, 2.24) is 10.2 Å². The van der Waals surface area contributed by atoms with E-state index < -0.39 is 0 Å². The number of rotatable bonds is 5. The summed E-state index contributed by atoms with van der Waals surface area (Å²) in [4.78, 5) is 2.33. The third-order valence-corrected chi connectivity index (χ3v) is 4.65. The highest BCUT2D eigenvalue weighted by Crippen LogP contribution is 2.34. The van der Waals surface area contributed by atoms with E-state index in [1.807, 2.05) is 0 Å². The van der Waals surface area contributed by atoms with Gasteiger partial charge in [-0.25, -0.2) is 0 Å². The minimum Gasteiger partial charge on any atom is -0.508 e. The molecule has 4 heteroatoms. The maximum atomic E-state index is 9.57. The van der Waals surface area contributed by atoms with E-state index in [2.05, 4.69) is 31.2 Å². The van der Waals surface area contributed by atoms with Crippen LogP contribution in [0.15, 0.2) is 18.2 Å². The van der Waals surface area contributed by atoms with E-state index in [-0.39, 0.29) is 23.1 Å². The second kappa shape index (κ2) is 6.02. The van der Waals surface area contributed by atoms with Crippen LogP contribution < -0.4 is 5.32 Å². The van der Waals surface area contributed by atoms with Crippen molar-refractivity contribution in [2.75, 3.05) is 20.6 Å². The quantitative estimate of drug-likeness (QED) is 0.775. The van der Waals surface area contributed by atoms with Crippen molar-refractivity contribution in [3.8, 4) is 11.5 Å². The van der Waals surface area contributed by atoms with Crippen molar-refractivity contribution in [2.45, 2.75) is 44.2 Å². The first-order valence-electron chi connectivity index (χ1n) is 7.37. The third-order valence-electron chi connectivity index (χ3n) is 4.65. The van der Waals surface area contributed by atoms with E-state index >= 15 is 0 Å². The predicted molar refractivity (Wildman–Crippen MR) is 81.1 cm³/mol. The van der Waals surface area contributed by atoms with Crippen molar-refractivity contribution in [1.29, 1.82) is 0 Å². The van der Waals surface area contributed by atoms with Gasteiger partial charge >= 0.3 is 0 Å². The molecule has 1 saturated carbocycles. The molecule has 1 unspecified atom stereocenters. The van der Waals surface area contributed by atoms with Crippen LogP contribution in [0.4, 0.5) is 0 Å². The van der Waals surface area contributed by atoms with Crippen molar-refractivity contribution in [2.24, 2.45) is 0 Å². The minimum absolute atomic E-state index is 0.102. The van der Waals surface area contributed by atoms with Gasteiger partial charge in [0.2, 0.25) is 0 Å². The second-order valence-corrected chi connectivity index (χ2v) is 6.21. The van der Waals surface area contributed by atoms with Crippen LogP contribution in [-0.4, -0.2) is 41.3 Å². The van der Waals surface area contributed by atoms with Gasteiger partial charge in [0.05, 0.1) is 0 Å². The average Bonchev–Trinajstić information content (AvgIpc) is 2.84. The maximum absolute atomic E-state index is 9.57. The molecule has 1 aliphatic rings. The van der Waals surface area contributed by atoms with Gasteiger partial charge < -0.3 is 20.4 Å². The van der Waals surface area contributed by atoms with Gasteiger partial charge in [-0.05, 0) is 51.6 Å². The summed E-state index contributed by atoms with van der Waals surface area (Å²) in [5, 5.41) is 22.7. The number of phenols is 2. The van der Waals surface area contributed by atoms with E-state index in [0.29, 0.717) is 0 Å². The fourth-order valence-electron chi connectivity index (χ4n) is 3.14. The summed E-state index contributed by atoms with van der Waals surface area (Å²) in [6.45, 7) is 2.99. The summed E-state index contributed by atoms with van der Waals surface area (Å²) in [7, 11) is 4.30. The molecule has 0 aromatic heterocycles. The van der Waals surface area contributed by atoms with E-state index in [9.17, 15) is 10.2 Å². The Bertz CT molecular complexity index is 434. The van der Waals surface area contributed by atoms with E-state index in [0.717, 1.165) is 12.1 Å². The fourth-order valence-corrected chi connectivity index (χ4v) is 3.14. The normalized spacial score (nSPS) is 19.4. The maximum Gasteiger partial charge on any atom is 0.119 e. The van der Waals surface area contributed by atoms with Gasteiger partial charge in [-0.2, -0.15) is 0 Å². The van der Waals surface area contributed by atoms with E-state index in [1.54, 1.807) is 12.1 Å². The molecule has 112 valence electrons. The molecule has 20 heavy (non-hydrogen) atoms. The standard InChI is InChI=1S/C16H26N2O2/c1-12(13-8-14(19)10-15(20)9-13)17-11-16(18(2)3)6-4-5-7-16/h8-10,12,17,19-20H,4-7,11H2,1-3H3. The molecular weight excluding hydrogens is 252 g/mol. The molecule has 3 N–H and O–H groups in total. The number of hydrogen-bond donors (Lipinski definition) is 3. The van der Waals surface area contributed by atoms with Crippen LogP contribution in [0.2, 0.25) is 0 Å². The lowest BCUT2D eigenvalue weighted by Crippen LogP contribution is -2.50. The van der Waals surface area contributed by atoms with Gasteiger partial charge in [0, 0.05) is 24.2 Å². The van der Waals surface area contributed by atoms with Gasteiger partial charge in [0.25, 0.3) is 0 Å². The number of benzene rings is 1. The predicted octanol–water partition coefficient (Wildman–Crippen LogP) is 2.62. The Morgan fingerprint density at radius 3 is 2.20 bits per heavy atom. The Kier molecular flexibility index (Phi) is 4.55. The largest absolute Gasteiger partial charge is 0.508 e. The fraction of sp³-hybridized carbons (Fsp3) is 0.625. The van der Waals surface area contributed by atoms with Crippen molar-refractivity contribution >= 4 is 0 Å². The molecule has 4 nitrogen and oxygen atoms in total. The van der Waals surface area contributed by atoms with Crippen molar-refractivity contribution in [3.63, 3.8) is 0 Å². The van der Waals surface area contributed by atoms with Crippen LogP contribution in [-0.2, 0) is 0 Å². The van der Waals surface area contributed by atoms with Gasteiger partial charge in [0.15, 0.2) is 0 Å². The molecule has 1 aromatic rings. The molecule has 0 amide bonds. The monoisotopic (exact) mass is 278 g/mol. The summed E-state index contributed by atoms with van der Waals surface area (Å²) in [6.07, 6.45) is 5.04. The smallest absolute Gasteiger partial charge is 0.119 e. The highest BCUT2D eigenvalue weighted by molar-refractivity contribution is 5.37. The Balaban J connectivity index is 2.02. The number of nitrogens with one attached hydrogen (secondary N) is 1. The zero-order valence-corrected chi connectivity index (χ0v) is 12.7. The van der Waals surface area contributed by atoms with Crippen LogP contribution in [0, 0.1) is 0 Å². The van der Waals surface area contributed by atoms with Crippen LogP contribution in [0.3, 0.4) is 0 Å². The molecule has 2 rings (SSSR count). The van der Waals surface area contributed by atoms with Crippen LogP contribution in [0.25, 0.3) is 0 Å². The van der Waals surface area contributed by atoms with Crippen molar-refractivity contribution < 1.29 is 10.2 Å². The van der Waals surface area contributed by atoms with Gasteiger partial charge in [-0.3, -0.25) is 0 Å². The minimum atomic E-state index is 0.102. The highest BCUT2D eigenvalue weighted by atomic mass is 16.3. The van der Waals surface area contributed by atoms with Crippen molar-refractivity contribution in [3.05, 3.63) is 23.8 Å². The number of aromatic hydroxyl groups is 2. The number of likely N-dealkylation sites (N-methyl/N-ethyl adjacent to an activating group) is 1. The Labute approximate surface area is 121 Å². The third kappa shape index (κ3) is 3.25. The number of phenolic OH excluding ortho intramolecular Hbond substituents is 2. The van der Waals surface area contributed by atoms with Gasteiger partial charge in [0.1, 0.15) is 11.5 Å². The molecular formula is C16H26N2O2. The summed E-state index contributed by atoms with van der Waals surface area (Å²) in [5.74, 6) is 0.216. The molecule has 0 heterocycles. The first kappa shape index (κ1) is 15.1. The molecule has 0 radical (unpaired) electrons. The molecule has 1 aliphatic carbocycles. The lowest BCUT2D eigenvalue weighted by Gasteiger charge is -2.37. The Hall–Kier alpha value is -1.26. The van der Waals surface area contributed by atoms with E-state index in [4.69, 9.17) is 0 Å². The Morgan fingerprint density at radius 1 is 1.15 bits per heavy atom. The summed E-state index contributed by atoms with van der Waals surface area (Å²) < 4.78 is 0. The van der Waals surface area contributed by atoms with Gasteiger partial charge in [-0.15, -0.1) is 0 Å². The van der Waals surface area contributed by atoms with Crippen LogP contribution >= 0.6 is 0 Å². The Morgan fingerprint density at radius 2 is 1.70 bits per heavy atom. The zero-order valence-electron chi connectivity index (χ0n) is 12.7. The molecule has 1 atom stereocenters. The summed E-state index contributed by atoms with van der Waals surface area (Å²) >= 11 is 0. The summed E-state index contributed by atoms with van der Waals surface area (Å²) in [5.41, 5.74) is 1.15. The topological polar surface area (TPSA) is 55.7 Å². The lowest BCUT2D eigenvalue weighted by atomic mass is 9.95. The average molecular weight is 278 g/mol.